The van der Waals surface area contributed by atoms with Crippen LogP contribution in [0, 0.1) is 23.3 Å². The molecular formula is C12H7ClF4N2. The Morgan fingerprint density at radius 3 is 2.26 bits per heavy atom. The van der Waals surface area contributed by atoms with Gasteiger partial charge >= 0.3 is 0 Å². The van der Waals surface area contributed by atoms with Gasteiger partial charge in [0.2, 0.25) is 0 Å². The average Bonchev–Trinajstić information content (AvgIpc) is 2.32. The Balaban J connectivity index is 2.44. The van der Waals surface area contributed by atoms with E-state index in [4.69, 9.17) is 17.3 Å². The predicted molar refractivity (Wildman–Crippen MR) is 65.4 cm³/mol. The first-order chi connectivity index (χ1) is 8.88. The molecular weight excluding hydrogens is 284 g/mol. The van der Waals surface area contributed by atoms with Gasteiger partial charge in [0.25, 0.3) is 0 Å². The topological polar surface area (TPSA) is 38.0 Å². The fraction of sp³-hybridized carbons (Fsp3) is 0. The second-order valence-corrected chi connectivity index (χ2v) is 4.13. The smallest absolute Gasteiger partial charge is 0.182 e. The molecule has 0 aliphatic rings. The summed E-state index contributed by atoms with van der Waals surface area (Å²) in [5, 5.41) is 2.10. The first-order valence-corrected chi connectivity index (χ1v) is 5.42. The lowest BCUT2D eigenvalue weighted by Gasteiger charge is -2.11. The minimum atomic E-state index is -1.35. The van der Waals surface area contributed by atoms with Gasteiger partial charge < -0.3 is 11.1 Å². The monoisotopic (exact) mass is 290 g/mol. The maximum Gasteiger partial charge on any atom is 0.182 e. The van der Waals surface area contributed by atoms with Gasteiger partial charge in [0.15, 0.2) is 11.6 Å². The molecule has 0 fully saturated rings. The molecule has 0 aliphatic carbocycles. The molecule has 0 unspecified atom stereocenters. The molecule has 2 aromatic carbocycles. The lowest BCUT2D eigenvalue weighted by Crippen LogP contribution is -2.01. The lowest BCUT2D eigenvalue weighted by molar-refractivity contribution is 0.498. The standard InChI is InChI=1S/C12H7ClF4N2/c13-6-3-10(9(18)4-7(6)15)19-11-2-5(14)1-8(16)12(11)17/h1-4,19H,18H2. The number of nitrogens with one attached hydrogen (secondary N) is 1. The first kappa shape index (κ1) is 13.5. The quantitative estimate of drug-likeness (QED) is 0.494. The minimum Gasteiger partial charge on any atom is -0.397 e. The molecule has 0 saturated carbocycles. The summed E-state index contributed by atoms with van der Waals surface area (Å²) < 4.78 is 52.5. The van der Waals surface area contributed by atoms with Crippen LogP contribution in [0.4, 0.5) is 34.6 Å². The summed E-state index contributed by atoms with van der Waals surface area (Å²) in [7, 11) is 0. The van der Waals surface area contributed by atoms with Crippen molar-refractivity contribution in [2.75, 3.05) is 11.1 Å². The summed E-state index contributed by atoms with van der Waals surface area (Å²) in [6.45, 7) is 0. The van der Waals surface area contributed by atoms with E-state index in [0.717, 1.165) is 18.2 Å². The SMILES string of the molecule is Nc1cc(F)c(Cl)cc1Nc1cc(F)cc(F)c1F. The van der Waals surface area contributed by atoms with Gasteiger partial charge in [-0.3, -0.25) is 0 Å². The maximum absolute atomic E-state index is 13.4. The molecule has 0 amide bonds. The van der Waals surface area contributed by atoms with E-state index >= 15 is 0 Å². The van der Waals surface area contributed by atoms with E-state index in [1.54, 1.807) is 0 Å². The Bertz CT molecular complexity index is 646. The first-order valence-electron chi connectivity index (χ1n) is 5.04. The van der Waals surface area contributed by atoms with E-state index < -0.39 is 29.0 Å². The summed E-state index contributed by atoms with van der Waals surface area (Å²) in [5.74, 6) is -4.35. The summed E-state index contributed by atoms with van der Waals surface area (Å²) in [6.07, 6.45) is 0. The van der Waals surface area contributed by atoms with Crippen LogP contribution in [0.1, 0.15) is 0 Å². The molecule has 100 valence electrons. The average molecular weight is 291 g/mol. The summed E-state index contributed by atoms with van der Waals surface area (Å²) in [6, 6.07) is 3.16. The van der Waals surface area contributed by atoms with Gasteiger partial charge in [-0.1, -0.05) is 11.6 Å². The molecule has 0 aliphatic heterocycles. The third-order valence-corrected chi connectivity index (χ3v) is 2.64. The highest BCUT2D eigenvalue weighted by Gasteiger charge is 2.13. The van der Waals surface area contributed by atoms with Crippen molar-refractivity contribution >= 4 is 28.7 Å². The van der Waals surface area contributed by atoms with Crippen LogP contribution in [0.5, 0.6) is 0 Å². The van der Waals surface area contributed by atoms with E-state index in [9.17, 15) is 17.6 Å². The van der Waals surface area contributed by atoms with E-state index in [-0.39, 0.29) is 16.4 Å². The minimum absolute atomic E-state index is 0.0373. The van der Waals surface area contributed by atoms with E-state index in [0.29, 0.717) is 6.07 Å². The molecule has 0 atom stereocenters. The highest BCUT2D eigenvalue weighted by atomic mass is 35.5. The third-order valence-electron chi connectivity index (χ3n) is 2.35. The Labute approximate surface area is 110 Å². The van der Waals surface area contributed by atoms with Gasteiger partial charge in [-0.25, -0.2) is 17.6 Å². The van der Waals surface area contributed by atoms with Crippen LogP contribution in [0.2, 0.25) is 5.02 Å². The van der Waals surface area contributed by atoms with Crippen LogP contribution in [-0.2, 0) is 0 Å². The number of nitrogens with two attached hydrogens (primary N) is 1. The number of halogens is 5. The van der Waals surface area contributed by atoms with Crippen molar-refractivity contribution in [2.24, 2.45) is 0 Å². The van der Waals surface area contributed by atoms with E-state index in [1.807, 2.05) is 0 Å². The Kier molecular flexibility index (Phi) is 3.53. The number of hydrogen-bond donors (Lipinski definition) is 2. The molecule has 0 aromatic heterocycles. The second kappa shape index (κ2) is 4.97. The summed E-state index contributed by atoms with van der Waals surface area (Å²) >= 11 is 5.54. The van der Waals surface area contributed by atoms with E-state index in [1.165, 1.54) is 0 Å². The largest absolute Gasteiger partial charge is 0.397 e. The van der Waals surface area contributed by atoms with Crippen LogP contribution >= 0.6 is 11.6 Å². The van der Waals surface area contributed by atoms with Crippen molar-refractivity contribution in [3.8, 4) is 0 Å². The van der Waals surface area contributed by atoms with Crippen LogP contribution in [0.25, 0.3) is 0 Å². The van der Waals surface area contributed by atoms with Gasteiger partial charge in [0, 0.05) is 18.2 Å². The highest BCUT2D eigenvalue weighted by molar-refractivity contribution is 6.31. The number of anilines is 3. The molecule has 0 radical (unpaired) electrons. The molecule has 3 N–H and O–H groups in total. The number of hydrogen-bond acceptors (Lipinski definition) is 2. The molecule has 2 aromatic rings. The van der Waals surface area contributed by atoms with Gasteiger partial charge in [0.05, 0.1) is 22.1 Å². The normalized spacial score (nSPS) is 10.6. The van der Waals surface area contributed by atoms with Crippen molar-refractivity contribution in [3.63, 3.8) is 0 Å². The van der Waals surface area contributed by atoms with Crippen molar-refractivity contribution in [2.45, 2.75) is 0 Å². The molecule has 19 heavy (non-hydrogen) atoms. The molecule has 2 nitrogen and oxygen atoms in total. The van der Waals surface area contributed by atoms with Crippen LogP contribution in [0.3, 0.4) is 0 Å². The van der Waals surface area contributed by atoms with Crippen molar-refractivity contribution < 1.29 is 17.6 Å². The molecule has 0 bridgehead atoms. The molecule has 0 heterocycles. The maximum atomic E-state index is 13.4. The Hall–Kier alpha value is -1.95. The zero-order valence-corrected chi connectivity index (χ0v) is 10.0. The molecule has 0 spiro atoms. The van der Waals surface area contributed by atoms with Gasteiger partial charge in [-0.05, 0) is 6.07 Å². The van der Waals surface area contributed by atoms with Crippen molar-refractivity contribution in [3.05, 3.63) is 52.6 Å². The fourth-order valence-corrected chi connectivity index (χ4v) is 1.63. The highest BCUT2D eigenvalue weighted by Crippen LogP contribution is 2.30. The number of benzene rings is 2. The summed E-state index contributed by atoms with van der Waals surface area (Å²) in [4.78, 5) is 0. The zero-order chi connectivity index (χ0) is 14.2. The van der Waals surface area contributed by atoms with E-state index in [2.05, 4.69) is 5.32 Å². The van der Waals surface area contributed by atoms with Crippen LogP contribution in [-0.4, -0.2) is 0 Å². The third kappa shape index (κ3) is 2.73. The number of rotatable bonds is 2. The zero-order valence-electron chi connectivity index (χ0n) is 9.28. The number of nitrogen functional groups attached to an aromatic ring is 1. The Morgan fingerprint density at radius 2 is 1.58 bits per heavy atom. The summed E-state index contributed by atoms with van der Waals surface area (Å²) in [5.41, 5.74) is 4.99. The van der Waals surface area contributed by atoms with Gasteiger partial charge in [-0.15, -0.1) is 0 Å². The predicted octanol–water partition coefficient (Wildman–Crippen LogP) is 4.22. The molecule has 7 heteroatoms. The van der Waals surface area contributed by atoms with Gasteiger partial charge in [-0.2, -0.15) is 0 Å². The van der Waals surface area contributed by atoms with Crippen molar-refractivity contribution in [1.29, 1.82) is 0 Å². The molecule has 0 saturated heterocycles. The van der Waals surface area contributed by atoms with Crippen LogP contribution in [0.15, 0.2) is 24.3 Å². The Morgan fingerprint density at radius 1 is 0.895 bits per heavy atom. The fourth-order valence-electron chi connectivity index (χ4n) is 1.46. The van der Waals surface area contributed by atoms with Gasteiger partial charge in [0.1, 0.15) is 11.6 Å². The lowest BCUT2D eigenvalue weighted by atomic mass is 10.2. The second-order valence-electron chi connectivity index (χ2n) is 3.73. The molecule has 2 rings (SSSR count). The van der Waals surface area contributed by atoms with Crippen molar-refractivity contribution in [1.82, 2.24) is 0 Å². The van der Waals surface area contributed by atoms with Crippen LogP contribution < -0.4 is 11.1 Å².